The molecule has 31 heavy (non-hydrogen) atoms. The topological polar surface area (TPSA) is 20.2 Å². The van der Waals surface area contributed by atoms with Crippen molar-refractivity contribution in [2.24, 2.45) is 50.7 Å². The van der Waals surface area contributed by atoms with E-state index in [-0.39, 0.29) is 11.5 Å². The number of aliphatic hydroxyl groups excluding tert-OH is 1. The van der Waals surface area contributed by atoms with E-state index in [1.807, 2.05) is 0 Å². The van der Waals surface area contributed by atoms with Crippen LogP contribution < -0.4 is 0 Å². The van der Waals surface area contributed by atoms with Crippen LogP contribution in [0.25, 0.3) is 0 Å². The number of aliphatic hydroxyl groups is 1. The number of rotatable bonds is 4. The van der Waals surface area contributed by atoms with Crippen molar-refractivity contribution in [2.45, 2.75) is 139 Å². The van der Waals surface area contributed by atoms with Crippen molar-refractivity contribution >= 4 is 0 Å². The van der Waals surface area contributed by atoms with Crippen LogP contribution in [0.5, 0.6) is 0 Å². The Morgan fingerprint density at radius 3 is 2.16 bits per heavy atom. The highest BCUT2D eigenvalue weighted by atomic mass is 16.3. The van der Waals surface area contributed by atoms with Crippen molar-refractivity contribution in [3.05, 3.63) is 0 Å². The Bertz CT molecular complexity index is 665. The van der Waals surface area contributed by atoms with E-state index >= 15 is 0 Å². The van der Waals surface area contributed by atoms with Gasteiger partial charge in [-0.25, -0.2) is 0 Å². The summed E-state index contributed by atoms with van der Waals surface area (Å²) in [5, 5.41) is 10.9. The molecule has 180 valence electrons. The molecular weight excluding hydrogens is 376 g/mol. The van der Waals surface area contributed by atoms with Gasteiger partial charge in [-0.2, -0.15) is 0 Å². The van der Waals surface area contributed by atoms with Gasteiger partial charge in [-0.05, 0) is 115 Å². The highest BCUT2D eigenvalue weighted by molar-refractivity contribution is 5.16. The zero-order valence-electron chi connectivity index (χ0n) is 22.3. The first-order valence-electron chi connectivity index (χ1n) is 14.0. The summed E-state index contributed by atoms with van der Waals surface area (Å²) in [7, 11) is 0. The average molecular weight is 431 g/mol. The minimum Gasteiger partial charge on any atom is -0.393 e. The van der Waals surface area contributed by atoms with E-state index in [9.17, 15) is 5.11 Å². The standard InChI is InChI=1S/C30H54O/c1-21(2)10-9-15-27(5)18-19-29(7)22(20-27)11-12-24-28(6)16-14-25(31)26(3,4)23(28)13-17-30(24,29)8/h21-25,31H,9-20H2,1-8H3/t22-,23+,24-,25+,27?,28+,29-,30-/m1/s1. The molecule has 0 spiro atoms. The van der Waals surface area contributed by atoms with Gasteiger partial charge in [-0.3, -0.25) is 0 Å². The van der Waals surface area contributed by atoms with E-state index in [1.165, 1.54) is 70.6 Å². The smallest absolute Gasteiger partial charge is 0.0594 e. The van der Waals surface area contributed by atoms with Gasteiger partial charge in [0.1, 0.15) is 0 Å². The van der Waals surface area contributed by atoms with Gasteiger partial charge in [0.05, 0.1) is 6.10 Å². The molecule has 0 aliphatic heterocycles. The molecule has 0 amide bonds. The molecule has 4 aliphatic carbocycles. The van der Waals surface area contributed by atoms with Crippen LogP contribution in [0.1, 0.15) is 132 Å². The minimum atomic E-state index is -0.108. The maximum Gasteiger partial charge on any atom is 0.0594 e. The fourth-order valence-electron chi connectivity index (χ4n) is 10.3. The van der Waals surface area contributed by atoms with Crippen LogP contribution in [0.3, 0.4) is 0 Å². The predicted molar refractivity (Wildman–Crippen MR) is 133 cm³/mol. The number of hydrogen-bond acceptors (Lipinski definition) is 1. The van der Waals surface area contributed by atoms with Crippen molar-refractivity contribution in [3.8, 4) is 0 Å². The van der Waals surface area contributed by atoms with Crippen LogP contribution >= 0.6 is 0 Å². The van der Waals surface area contributed by atoms with Crippen LogP contribution in [0, 0.1) is 50.7 Å². The molecule has 4 fully saturated rings. The van der Waals surface area contributed by atoms with Crippen LogP contribution in [0.2, 0.25) is 0 Å². The molecule has 0 aromatic carbocycles. The SMILES string of the molecule is CC(C)CCCC1(C)CC[C@]2(C)[C@H](CC[C@@H]3[C@@]4(C)CC[C@H](O)C(C)(C)[C@@H]4CC[C@]32C)C1. The lowest BCUT2D eigenvalue weighted by atomic mass is 9.33. The lowest BCUT2D eigenvalue weighted by molar-refractivity contribution is -0.236. The van der Waals surface area contributed by atoms with E-state index in [0.29, 0.717) is 27.6 Å². The third kappa shape index (κ3) is 3.57. The first kappa shape index (κ1) is 24.1. The molecule has 1 heteroatoms. The van der Waals surface area contributed by atoms with Gasteiger partial charge in [0.2, 0.25) is 0 Å². The summed E-state index contributed by atoms with van der Waals surface area (Å²) < 4.78 is 0. The molecule has 0 bridgehead atoms. The molecule has 4 aliphatic rings. The van der Waals surface area contributed by atoms with Gasteiger partial charge in [-0.1, -0.05) is 68.2 Å². The predicted octanol–water partition coefficient (Wildman–Crippen LogP) is 8.64. The molecule has 0 radical (unpaired) electrons. The molecule has 1 nitrogen and oxygen atoms in total. The Hall–Kier alpha value is -0.0400. The molecule has 8 atom stereocenters. The zero-order valence-corrected chi connectivity index (χ0v) is 22.3. The Kier molecular flexibility index (Phi) is 6.02. The van der Waals surface area contributed by atoms with E-state index in [2.05, 4.69) is 55.4 Å². The fraction of sp³-hybridized carbons (Fsp3) is 1.00. The van der Waals surface area contributed by atoms with Crippen molar-refractivity contribution < 1.29 is 5.11 Å². The Morgan fingerprint density at radius 2 is 1.48 bits per heavy atom. The monoisotopic (exact) mass is 430 g/mol. The average Bonchev–Trinajstić information content (AvgIpc) is 2.66. The molecule has 4 saturated carbocycles. The Balaban J connectivity index is 1.56. The molecule has 0 heterocycles. The van der Waals surface area contributed by atoms with Gasteiger partial charge in [-0.15, -0.1) is 0 Å². The summed E-state index contributed by atoms with van der Waals surface area (Å²) in [4.78, 5) is 0. The van der Waals surface area contributed by atoms with Crippen LogP contribution in [-0.2, 0) is 0 Å². The lowest BCUT2D eigenvalue weighted by Gasteiger charge is -2.72. The lowest BCUT2D eigenvalue weighted by Crippen LogP contribution is -2.65. The highest BCUT2D eigenvalue weighted by Gasteiger charge is 2.67. The molecule has 1 N–H and O–H groups in total. The van der Waals surface area contributed by atoms with E-state index in [1.54, 1.807) is 0 Å². The van der Waals surface area contributed by atoms with Crippen LogP contribution in [0.15, 0.2) is 0 Å². The van der Waals surface area contributed by atoms with Crippen molar-refractivity contribution in [1.29, 1.82) is 0 Å². The summed E-state index contributed by atoms with van der Waals surface area (Å²) in [6.07, 6.45) is 16.4. The normalized spacial score (nSPS) is 51.7. The third-order valence-corrected chi connectivity index (χ3v) is 12.6. The van der Waals surface area contributed by atoms with Crippen LogP contribution in [0.4, 0.5) is 0 Å². The molecule has 0 aromatic rings. The zero-order chi connectivity index (χ0) is 22.9. The van der Waals surface area contributed by atoms with Gasteiger partial charge >= 0.3 is 0 Å². The quantitative estimate of drug-likeness (QED) is 0.473. The first-order chi connectivity index (χ1) is 14.3. The molecular formula is C30H54O. The maximum absolute atomic E-state index is 10.9. The van der Waals surface area contributed by atoms with Gasteiger partial charge in [0.25, 0.3) is 0 Å². The fourth-order valence-corrected chi connectivity index (χ4v) is 10.3. The second-order valence-corrected chi connectivity index (χ2v) is 14.9. The second kappa shape index (κ2) is 7.74. The van der Waals surface area contributed by atoms with E-state index in [4.69, 9.17) is 0 Å². The summed E-state index contributed by atoms with van der Waals surface area (Å²) in [6, 6.07) is 0. The minimum absolute atomic E-state index is 0.0770. The second-order valence-electron chi connectivity index (χ2n) is 14.9. The van der Waals surface area contributed by atoms with Gasteiger partial charge in [0, 0.05) is 0 Å². The molecule has 0 saturated heterocycles. The number of hydrogen-bond donors (Lipinski definition) is 1. The van der Waals surface area contributed by atoms with E-state index in [0.717, 1.165) is 24.2 Å². The number of fused-ring (bicyclic) bond motifs is 5. The van der Waals surface area contributed by atoms with Crippen molar-refractivity contribution in [1.82, 2.24) is 0 Å². The summed E-state index contributed by atoms with van der Waals surface area (Å²) in [5.74, 6) is 3.30. The van der Waals surface area contributed by atoms with Crippen molar-refractivity contribution in [2.75, 3.05) is 0 Å². The molecule has 1 unspecified atom stereocenters. The Morgan fingerprint density at radius 1 is 0.774 bits per heavy atom. The van der Waals surface area contributed by atoms with Crippen molar-refractivity contribution in [3.63, 3.8) is 0 Å². The van der Waals surface area contributed by atoms with Gasteiger partial charge < -0.3 is 5.11 Å². The summed E-state index contributed by atoms with van der Waals surface area (Å²) in [5.41, 5.74) is 2.08. The van der Waals surface area contributed by atoms with Gasteiger partial charge in [0.15, 0.2) is 0 Å². The third-order valence-electron chi connectivity index (χ3n) is 12.6. The molecule has 0 aromatic heterocycles. The summed E-state index contributed by atoms with van der Waals surface area (Å²) >= 11 is 0. The maximum atomic E-state index is 10.9. The van der Waals surface area contributed by atoms with Crippen LogP contribution in [-0.4, -0.2) is 11.2 Å². The first-order valence-corrected chi connectivity index (χ1v) is 14.0. The van der Waals surface area contributed by atoms with E-state index < -0.39 is 0 Å². The highest BCUT2D eigenvalue weighted by Crippen LogP contribution is 2.74. The molecule has 4 rings (SSSR count). The Labute approximate surface area is 194 Å². The summed E-state index contributed by atoms with van der Waals surface area (Å²) in [6.45, 7) is 20.2. The largest absolute Gasteiger partial charge is 0.393 e.